The number of nitrogens with zero attached hydrogens (tertiary/aromatic N) is 3. The second-order valence-electron chi connectivity index (χ2n) is 7.24. The minimum atomic E-state index is -3.81. The Balaban J connectivity index is 1.72. The summed E-state index contributed by atoms with van der Waals surface area (Å²) in [5.41, 5.74) is 1.29. The monoisotopic (exact) mass is 417 g/mol. The normalized spacial score (nSPS) is 20.7. The highest BCUT2D eigenvalue weighted by molar-refractivity contribution is 7.89. The molecule has 2 aromatic carbocycles. The summed E-state index contributed by atoms with van der Waals surface area (Å²) in [6, 6.07) is 13.9. The molecule has 0 spiro atoms. The molecule has 1 unspecified atom stereocenters. The van der Waals surface area contributed by atoms with Crippen molar-refractivity contribution >= 4 is 21.4 Å². The van der Waals surface area contributed by atoms with Gasteiger partial charge in [0.1, 0.15) is 11.0 Å². The lowest BCUT2D eigenvalue weighted by atomic mass is 10.1. The Bertz CT molecular complexity index is 990. The minimum Gasteiger partial charge on any atom is -0.370 e. The maximum absolute atomic E-state index is 13.3. The van der Waals surface area contributed by atoms with Crippen LogP contribution in [0.5, 0.6) is 0 Å². The molecular formula is C20H23N3O5S. The lowest BCUT2D eigenvalue weighted by molar-refractivity contribution is -0.385. The molecule has 4 rings (SSSR count). The minimum absolute atomic E-state index is 0.00214. The number of ether oxygens (including phenoxy) is 1. The SMILES string of the molecule is O=[N+]([O-])c1ccc(N2CCOC(c3ccccc3)C2)c(S(=O)(=O)N2CCCC2)c1. The molecule has 0 aromatic heterocycles. The van der Waals surface area contributed by atoms with Gasteiger partial charge in [-0.25, -0.2) is 8.42 Å². The van der Waals surface area contributed by atoms with Crippen molar-refractivity contribution in [3.8, 4) is 0 Å². The molecule has 154 valence electrons. The average molecular weight is 417 g/mol. The second kappa shape index (κ2) is 8.10. The van der Waals surface area contributed by atoms with E-state index in [2.05, 4.69) is 0 Å². The average Bonchev–Trinajstić information content (AvgIpc) is 3.30. The first kappa shape index (κ1) is 19.8. The van der Waals surface area contributed by atoms with E-state index in [1.165, 1.54) is 16.4 Å². The fraction of sp³-hybridized carbons (Fsp3) is 0.400. The van der Waals surface area contributed by atoms with Crippen molar-refractivity contribution in [2.75, 3.05) is 37.7 Å². The maximum atomic E-state index is 13.3. The van der Waals surface area contributed by atoms with Crippen LogP contribution in [0, 0.1) is 10.1 Å². The molecule has 0 amide bonds. The van der Waals surface area contributed by atoms with E-state index < -0.39 is 14.9 Å². The number of sulfonamides is 1. The van der Waals surface area contributed by atoms with Crippen LogP contribution in [-0.2, 0) is 14.8 Å². The van der Waals surface area contributed by atoms with Crippen molar-refractivity contribution in [1.82, 2.24) is 4.31 Å². The number of anilines is 1. The van der Waals surface area contributed by atoms with Gasteiger partial charge in [-0.1, -0.05) is 30.3 Å². The molecule has 9 heteroatoms. The predicted molar refractivity (Wildman–Crippen MR) is 108 cm³/mol. The second-order valence-corrected chi connectivity index (χ2v) is 9.14. The first-order chi connectivity index (χ1) is 14.0. The number of rotatable bonds is 5. The molecule has 8 nitrogen and oxygen atoms in total. The van der Waals surface area contributed by atoms with Gasteiger partial charge in [0.2, 0.25) is 10.0 Å². The van der Waals surface area contributed by atoms with Gasteiger partial charge in [-0.2, -0.15) is 4.31 Å². The number of hydrogen-bond donors (Lipinski definition) is 0. The molecule has 0 saturated carbocycles. The van der Waals surface area contributed by atoms with E-state index in [-0.39, 0.29) is 16.7 Å². The van der Waals surface area contributed by atoms with Crippen LogP contribution in [0.3, 0.4) is 0 Å². The molecule has 0 bridgehead atoms. The number of non-ortho nitro benzene ring substituents is 1. The van der Waals surface area contributed by atoms with Gasteiger partial charge in [-0.3, -0.25) is 10.1 Å². The van der Waals surface area contributed by atoms with Gasteiger partial charge in [0.25, 0.3) is 5.69 Å². The van der Waals surface area contributed by atoms with Crippen LogP contribution in [0.1, 0.15) is 24.5 Å². The van der Waals surface area contributed by atoms with E-state index in [0.717, 1.165) is 18.4 Å². The fourth-order valence-corrected chi connectivity index (χ4v) is 5.64. The van der Waals surface area contributed by atoms with Gasteiger partial charge in [0.15, 0.2) is 0 Å². The molecule has 2 aliphatic rings. The zero-order valence-corrected chi connectivity index (χ0v) is 16.8. The molecule has 29 heavy (non-hydrogen) atoms. The summed E-state index contributed by atoms with van der Waals surface area (Å²) >= 11 is 0. The number of nitro benzene ring substituents is 1. The zero-order valence-electron chi connectivity index (χ0n) is 15.9. The van der Waals surface area contributed by atoms with Crippen LogP contribution in [-0.4, -0.2) is 50.4 Å². The van der Waals surface area contributed by atoms with Crippen LogP contribution >= 0.6 is 0 Å². The molecule has 2 aromatic rings. The van der Waals surface area contributed by atoms with Crippen molar-refractivity contribution < 1.29 is 18.1 Å². The molecular weight excluding hydrogens is 394 g/mol. The van der Waals surface area contributed by atoms with Gasteiger partial charge in [0, 0.05) is 38.3 Å². The Morgan fingerprint density at radius 3 is 2.45 bits per heavy atom. The first-order valence-corrected chi connectivity index (χ1v) is 11.1. The smallest absolute Gasteiger partial charge is 0.270 e. The van der Waals surface area contributed by atoms with E-state index >= 15 is 0 Å². The molecule has 2 aliphatic heterocycles. The zero-order chi connectivity index (χ0) is 20.4. The van der Waals surface area contributed by atoms with Crippen molar-refractivity contribution in [2.45, 2.75) is 23.8 Å². The Morgan fingerprint density at radius 1 is 1.03 bits per heavy atom. The number of nitro groups is 1. The molecule has 0 aliphatic carbocycles. The van der Waals surface area contributed by atoms with Crippen molar-refractivity contribution in [3.63, 3.8) is 0 Å². The molecule has 2 fully saturated rings. The van der Waals surface area contributed by atoms with E-state index in [0.29, 0.717) is 38.5 Å². The fourth-order valence-electron chi connectivity index (χ4n) is 3.89. The number of benzene rings is 2. The van der Waals surface area contributed by atoms with E-state index in [4.69, 9.17) is 4.74 Å². The summed E-state index contributed by atoms with van der Waals surface area (Å²) in [6.07, 6.45) is 1.41. The summed E-state index contributed by atoms with van der Waals surface area (Å²) in [7, 11) is -3.81. The standard InChI is InChI=1S/C20H23N3O5S/c24-23(25)17-8-9-18(20(14-17)29(26,27)22-10-4-5-11-22)21-12-13-28-19(15-21)16-6-2-1-3-7-16/h1-3,6-9,14,19H,4-5,10-13,15H2. The van der Waals surface area contributed by atoms with Gasteiger partial charge in [-0.05, 0) is 24.5 Å². The van der Waals surface area contributed by atoms with Crippen LogP contribution in [0.2, 0.25) is 0 Å². The number of morpholine rings is 1. The third-order valence-corrected chi connectivity index (χ3v) is 7.34. The van der Waals surface area contributed by atoms with Gasteiger partial charge in [-0.15, -0.1) is 0 Å². The lowest BCUT2D eigenvalue weighted by Gasteiger charge is -2.36. The highest BCUT2D eigenvalue weighted by Gasteiger charge is 2.33. The van der Waals surface area contributed by atoms with Gasteiger partial charge >= 0.3 is 0 Å². The third-order valence-electron chi connectivity index (χ3n) is 5.42. The first-order valence-electron chi connectivity index (χ1n) is 9.67. The Labute approximate surface area is 169 Å². The quantitative estimate of drug-likeness (QED) is 0.549. The van der Waals surface area contributed by atoms with Crippen molar-refractivity contribution in [2.24, 2.45) is 0 Å². The summed E-state index contributed by atoms with van der Waals surface area (Å²) in [5, 5.41) is 11.3. The molecule has 2 heterocycles. The van der Waals surface area contributed by atoms with Crippen LogP contribution in [0.4, 0.5) is 11.4 Å². The van der Waals surface area contributed by atoms with Gasteiger partial charge in [0.05, 0.1) is 17.2 Å². The molecule has 2 saturated heterocycles. The van der Waals surface area contributed by atoms with Crippen LogP contribution < -0.4 is 4.90 Å². The van der Waals surface area contributed by atoms with Gasteiger partial charge < -0.3 is 9.64 Å². The van der Waals surface area contributed by atoms with Crippen LogP contribution in [0.15, 0.2) is 53.4 Å². The molecule has 0 N–H and O–H groups in total. The largest absolute Gasteiger partial charge is 0.370 e. The van der Waals surface area contributed by atoms with E-state index in [9.17, 15) is 18.5 Å². The van der Waals surface area contributed by atoms with E-state index in [1.807, 2.05) is 35.2 Å². The maximum Gasteiger partial charge on any atom is 0.270 e. The lowest BCUT2D eigenvalue weighted by Crippen LogP contribution is -2.39. The molecule has 0 radical (unpaired) electrons. The summed E-state index contributed by atoms with van der Waals surface area (Å²) in [6.45, 7) is 2.33. The van der Waals surface area contributed by atoms with Crippen molar-refractivity contribution in [1.29, 1.82) is 0 Å². The Hall–Kier alpha value is -2.49. The Kier molecular flexibility index (Phi) is 5.53. The Morgan fingerprint density at radius 2 is 1.76 bits per heavy atom. The summed E-state index contributed by atoms with van der Waals surface area (Å²) in [5.74, 6) is 0. The molecule has 1 atom stereocenters. The van der Waals surface area contributed by atoms with E-state index in [1.54, 1.807) is 6.07 Å². The third kappa shape index (κ3) is 3.98. The topological polar surface area (TPSA) is 93.0 Å². The highest BCUT2D eigenvalue weighted by Crippen LogP contribution is 2.35. The highest BCUT2D eigenvalue weighted by atomic mass is 32.2. The summed E-state index contributed by atoms with van der Waals surface area (Å²) in [4.78, 5) is 12.7. The summed E-state index contributed by atoms with van der Waals surface area (Å²) < 4.78 is 33.9. The van der Waals surface area contributed by atoms with Crippen molar-refractivity contribution in [3.05, 3.63) is 64.2 Å². The predicted octanol–water partition coefficient (Wildman–Crippen LogP) is 2.96. The van der Waals surface area contributed by atoms with Crippen LogP contribution in [0.25, 0.3) is 0 Å². The number of hydrogen-bond acceptors (Lipinski definition) is 6.